The van der Waals surface area contributed by atoms with Gasteiger partial charge < -0.3 is 9.88 Å². The minimum atomic E-state index is -4.99. The molecule has 4 aromatic rings. The first-order valence-electron chi connectivity index (χ1n) is 12.0. The third-order valence-electron chi connectivity index (χ3n) is 6.21. The summed E-state index contributed by atoms with van der Waals surface area (Å²) < 4.78 is 109. The Balaban J connectivity index is 1.54. The van der Waals surface area contributed by atoms with Crippen LogP contribution >= 0.6 is 0 Å². The number of alkyl halides is 7. The van der Waals surface area contributed by atoms with Crippen molar-refractivity contribution < 1.29 is 35.1 Å². The Hall–Kier alpha value is -4.37. The summed E-state index contributed by atoms with van der Waals surface area (Å²) in [7, 11) is 0. The molecule has 0 aliphatic rings. The van der Waals surface area contributed by atoms with Gasteiger partial charge in [-0.25, -0.2) is 23.8 Å². The molecule has 3 heterocycles. The summed E-state index contributed by atoms with van der Waals surface area (Å²) in [4.78, 5) is 31.7. The molecule has 0 fully saturated rings. The van der Waals surface area contributed by atoms with E-state index in [4.69, 9.17) is 0 Å². The predicted octanol–water partition coefficient (Wildman–Crippen LogP) is 5.34. The van der Waals surface area contributed by atoms with Gasteiger partial charge in [0, 0.05) is 31.1 Å². The number of fused-ring (bicyclic) bond motifs is 1. The molecule has 0 unspecified atom stereocenters. The quantitative estimate of drug-likeness (QED) is 0.270. The molecule has 0 spiro atoms. The van der Waals surface area contributed by atoms with Gasteiger partial charge >= 0.3 is 12.4 Å². The lowest BCUT2D eigenvalue weighted by Crippen LogP contribution is -2.31. The Kier molecular flexibility index (Phi) is 8.12. The van der Waals surface area contributed by atoms with E-state index in [1.165, 1.54) is 18.3 Å². The largest absolute Gasteiger partial charge is 0.423 e. The third kappa shape index (κ3) is 6.52. The molecule has 0 radical (unpaired) electrons. The van der Waals surface area contributed by atoms with Crippen molar-refractivity contribution in [1.29, 1.82) is 0 Å². The van der Waals surface area contributed by atoms with Crippen LogP contribution in [0.3, 0.4) is 0 Å². The molecule has 2 atom stereocenters. The molecule has 8 nitrogen and oxygen atoms in total. The molecule has 0 aliphatic carbocycles. The van der Waals surface area contributed by atoms with Crippen LogP contribution in [0.2, 0.25) is 0 Å². The number of aromatic nitrogens is 5. The highest BCUT2D eigenvalue weighted by molar-refractivity contribution is 5.86. The van der Waals surface area contributed by atoms with Gasteiger partial charge in [-0.1, -0.05) is 6.92 Å². The van der Waals surface area contributed by atoms with Gasteiger partial charge in [0.1, 0.15) is 17.6 Å². The molecular weight excluding hydrogens is 568 g/mol. The van der Waals surface area contributed by atoms with Gasteiger partial charge in [0.25, 0.3) is 11.1 Å². The third-order valence-corrected chi connectivity index (χ3v) is 6.21. The summed E-state index contributed by atoms with van der Waals surface area (Å²) in [5.74, 6) is -1.33. The Morgan fingerprint density at radius 2 is 1.71 bits per heavy atom. The van der Waals surface area contributed by atoms with Crippen LogP contribution in [0.15, 0.2) is 52.6 Å². The van der Waals surface area contributed by atoms with Crippen molar-refractivity contribution in [3.63, 3.8) is 0 Å². The zero-order valence-electron chi connectivity index (χ0n) is 20.9. The molecule has 0 bridgehead atoms. The van der Waals surface area contributed by atoms with Gasteiger partial charge in [0.15, 0.2) is 5.82 Å². The number of anilines is 1. The normalized spacial score (nSPS) is 13.8. The second kappa shape index (κ2) is 11.2. The Morgan fingerprint density at radius 1 is 1.02 bits per heavy atom. The molecule has 218 valence electrons. The van der Waals surface area contributed by atoms with Crippen molar-refractivity contribution in [2.45, 2.75) is 50.9 Å². The highest BCUT2D eigenvalue weighted by atomic mass is 19.4. The smallest absolute Gasteiger partial charge is 0.380 e. The highest BCUT2D eigenvalue weighted by Crippen LogP contribution is 2.32. The summed E-state index contributed by atoms with van der Waals surface area (Å²) >= 11 is 0. The van der Waals surface area contributed by atoms with Gasteiger partial charge in [0.05, 0.1) is 34.9 Å². The minimum Gasteiger partial charge on any atom is -0.380 e. The minimum absolute atomic E-state index is 0.151. The molecule has 1 aromatic carbocycles. The molecule has 0 saturated carbocycles. The van der Waals surface area contributed by atoms with Crippen molar-refractivity contribution in [3.05, 3.63) is 80.6 Å². The van der Waals surface area contributed by atoms with Crippen molar-refractivity contribution in [2.24, 2.45) is 0 Å². The van der Waals surface area contributed by atoms with Crippen LogP contribution in [-0.2, 0) is 18.9 Å². The van der Waals surface area contributed by atoms with E-state index in [1.54, 1.807) is 12.0 Å². The molecule has 2 N–H and O–H groups in total. The Morgan fingerprint density at radius 3 is 2.32 bits per heavy atom. The zero-order valence-corrected chi connectivity index (χ0v) is 20.9. The number of hydrogen-bond acceptors (Lipinski definition) is 6. The van der Waals surface area contributed by atoms with Gasteiger partial charge in [-0.05, 0) is 30.0 Å². The van der Waals surface area contributed by atoms with E-state index in [2.05, 4.69) is 20.4 Å². The fraction of sp³-hybridized carbons (Fsp3) is 0.320. The first-order valence-corrected chi connectivity index (χ1v) is 12.0. The lowest BCUT2D eigenvalue weighted by atomic mass is 10.1. The second-order valence-electron chi connectivity index (χ2n) is 9.05. The van der Waals surface area contributed by atoms with E-state index >= 15 is 4.39 Å². The van der Waals surface area contributed by atoms with E-state index in [0.29, 0.717) is 12.4 Å². The lowest BCUT2D eigenvalue weighted by molar-refractivity contribution is -0.139. The monoisotopic (exact) mass is 588 g/mol. The number of rotatable bonds is 8. The van der Waals surface area contributed by atoms with Gasteiger partial charge in [-0.3, -0.25) is 9.59 Å². The maximum absolute atomic E-state index is 15.0. The van der Waals surface area contributed by atoms with Crippen molar-refractivity contribution in [1.82, 2.24) is 24.7 Å². The standard InChI is InChI=1S/C25H20F8N6O2/c1-2-15(37-19-10-36-38-22(40)20(19)25(31,32)33)6-14(26)11-39-4-3-12-5-17(18(27)7-16(12)23(39)41)21-34-8-13(9-35-21)24(28,29)30/h3-5,7-10,14-15H,2,6,11H2,1H3,(H2,37,38,40)/t14-,15+/m0/s1. The number of aromatic amines is 1. The molecule has 4 rings (SSSR count). The summed E-state index contributed by atoms with van der Waals surface area (Å²) in [5.41, 5.74) is -5.74. The number of nitrogens with one attached hydrogen (secondary N) is 2. The predicted molar refractivity (Wildman–Crippen MR) is 131 cm³/mol. The molecule has 3 aromatic heterocycles. The van der Waals surface area contributed by atoms with Crippen LogP contribution in [-0.4, -0.2) is 36.9 Å². The Bertz CT molecular complexity index is 1660. The van der Waals surface area contributed by atoms with Crippen molar-refractivity contribution in [3.8, 4) is 11.4 Å². The van der Waals surface area contributed by atoms with E-state index in [-0.39, 0.29) is 35.0 Å². The van der Waals surface area contributed by atoms with Crippen LogP contribution in [0.5, 0.6) is 0 Å². The number of pyridine rings is 1. The Labute approximate surface area is 225 Å². The van der Waals surface area contributed by atoms with Crippen LogP contribution < -0.4 is 16.4 Å². The number of H-pyrrole nitrogens is 1. The molecule has 0 amide bonds. The van der Waals surface area contributed by atoms with Gasteiger partial charge in [-0.15, -0.1) is 0 Å². The van der Waals surface area contributed by atoms with Crippen LogP contribution in [0, 0.1) is 5.82 Å². The molecule has 16 heteroatoms. The average Bonchev–Trinajstić information content (AvgIpc) is 2.89. The van der Waals surface area contributed by atoms with Crippen molar-refractivity contribution in [2.75, 3.05) is 5.32 Å². The number of hydrogen-bond donors (Lipinski definition) is 2. The van der Waals surface area contributed by atoms with Gasteiger partial charge in [0.2, 0.25) is 0 Å². The van der Waals surface area contributed by atoms with Crippen LogP contribution in [0.4, 0.5) is 40.8 Å². The fourth-order valence-corrected chi connectivity index (χ4v) is 4.17. The molecule has 0 saturated heterocycles. The zero-order chi connectivity index (χ0) is 30.1. The van der Waals surface area contributed by atoms with Crippen LogP contribution in [0.1, 0.15) is 30.9 Å². The molecule has 41 heavy (non-hydrogen) atoms. The van der Waals surface area contributed by atoms with E-state index < -0.39 is 64.9 Å². The fourth-order valence-electron chi connectivity index (χ4n) is 4.17. The average molecular weight is 588 g/mol. The second-order valence-corrected chi connectivity index (χ2v) is 9.05. The number of halogens is 8. The summed E-state index contributed by atoms with van der Waals surface area (Å²) in [6, 6.07) is 2.52. The van der Waals surface area contributed by atoms with Crippen molar-refractivity contribution >= 4 is 16.5 Å². The van der Waals surface area contributed by atoms with E-state index in [0.717, 1.165) is 16.8 Å². The van der Waals surface area contributed by atoms with E-state index in [1.807, 2.05) is 0 Å². The number of benzene rings is 1. The van der Waals surface area contributed by atoms with Crippen LogP contribution in [0.25, 0.3) is 22.2 Å². The summed E-state index contributed by atoms with van der Waals surface area (Å²) in [6.07, 6.45) is -8.59. The first kappa shape index (κ1) is 29.6. The number of nitrogens with zero attached hydrogens (tertiary/aromatic N) is 4. The maximum Gasteiger partial charge on any atom is 0.423 e. The summed E-state index contributed by atoms with van der Waals surface area (Å²) in [5, 5.41) is 7.59. The lowest BCUT2D eigenvalue weighted by Gasteiger charge is -2.22. The SMILES string of the molecule is CC[C@H](C[C@H](F)Cn1ccc2cc(-c3ncc(C(F)(F)F)cn3)c(F)cc2c1=O)Nc1cn[nH]c(=O)c1C(F)(F)F. The van der Waals surface area contributed by atoms with Gasteiger partial charge in [-0.2, -0.15) is 31.4 Å². The molecule has 0 aliphatic heterocycles. The maximum atomic E-state index is 15.0. The highest BCUT2D eigenvalue weighted by Gasteiger charge is 2.38. The summed E-state index contributed by atoms with van der Waals surface area (Å²) in [6.45, 7) is 1.07. The molecular formula is C25H20F8N6O2. The van der Waals surface area contributed by atoms with E-state index in [9.17, 15) is 40.3 Å². The first-order chi connectivity index (χ1) is 19.2. The topological polar surface area (TPSA) is 106 Å².